The lowest BCUT2D eigenvalue weighted by molar-refractivity contribution is 0.0914. The van der Waals surface area contributed by atoms with E-state index in [-0.39, 0.29) is 18.0 Å². The number of halogens is 1. The highest BCUT2D eigenvalue weighted by molar-refractivity contribution is 9.10. The number of hydrogen-bond donors (Lipinski definition) is 1. The van der Waals surface area contributed by atoms with Crippen LogP contribution in [0.15, 0.2) is 16.7 Å². The third kappa shape index (κ3) is 4.10. The van der Waals surface area contributed by atoms with Crippen molar-refractivity contribution in [1.82, 2.24) is 9.88 Å². The molecule has 4 heteroatoms. The first-order valence-electron chi connectivity index (χ1n) is 7.08. The molecule has 1 atom stereocenters. The summed E-state index contributed by atoms with van der Waals surface area (Å²) >= 11 is 3.44. The Balaban J connectivity index is 2.83. The molecule has 19 heavy (non-hydrogen) atoms. The predicted molar refractivity (Wildman–Crippen MR) is 83.5 cm³/mol. The molecule has 1 unspecified atom stereocenters. The average molecular weight is 329 g/mol. The number of aromatic nitrogens is 1. The van der Waals surface area contributed by atoms with E-state index in [0.717, 1.165) is 23.0 Å². The van der Waals surface area contributed by atoms with Gasteiger partial charge in [-0.3, -0.25) is 4.79 Å². The lowest BCUT2D eigenvalue weighted by Crippen LogP contribution is -2.38. The SMILES string of the molecule is CCC(CC)C(C)NC(=O)c1cc(Br)cn1C(C)C. The molecule has 1 heterocycles. The summed E-state index contributed by atoms with van der Waals surface area (Å²) in [4.78, 5) is 12.4. The quantitative estimate of drug-likeness (QED) is 0.825. The third-order valence-corrected chi connectivity index (χ3v) is 4.15. The monoisotopic (exact) mass is 328 g/mol. The number of carbonyl (C=O) groups is 1. The second-order valence-corrected chi connectivity index (χ2v) is 6.30. The van der Waals surface area contributed by atoms with E-state index in [4.69, 9.17) is 0 Å². The molecular weight excluding hydrogens is 304 g/mol. The summed E-state index contributed by atoms with van der Waals surface area (Å²) in [7, 11) is 0. The normalized spacial score (nSPS) is 13.1. The Morgan fingerprint density at radius 3 is 2.37 bits per heavy atom. The van der Waals surface area contributed by atoms with Crippen molar-refractivity contribution in [2.45, 2.75) is 59.5 Å². The third-order valence-electron chi connectivity index (χ3n) is 3.72. The van der Waals surface area contributed by atoms with Crippen LogP contribution in [0.5, 0.6) is 0 Å². The van der Waals surface area contributed by atoms with E-state index in [1.165, 1.54) is 0 Å². The summed E-state index contributed by atoms with van der Waals surface area (Å²) < 4.78 is 2.94. The van der Waals surface area contributed by atoms with Crippen LogP contribution in [0, 0.1) is 5.92 Å². The van der Waals surface area contributed by atoms with E-state index in [9.17, 15) is 4.79 Å². The topological polar surface area (TPSA) is 34.0 Å². The van der Waals surface area contributed by atoms with Crippen molar-refractivity contribution in [3.8, 4) is 0 Å². The van der Waals surface area contributed by atoms with Crippen LogP contribution in [0.25, 0.3) is 0 Å². The molecule has 1 rings (SSSR count). The molecule has 0 saturated carbocycles. The van der Waals surface area contributed by atoms with E-state index in [1.807, 2.05) is 16.8 Å². The molecule has 1 N–H and O–H groups in total. The van der Waals surface area contributed by atoms with Gasteiger partial charge >= 0.3 is 0 Å². The van der Waals surface area contributed by atoms with E-state index in [0.29, 0.717) is 5.92 Å². The standard InChI is InChI=1S/C15H25BrN2O/c1-6-12(7-2)11(5)17-15(19)14-8-13(16)9-18(14)10(3)4/h8-12H,6-7H2,1-5H3,(H,17,19). The molecule has 3 nitrogen and oxygen atoms in total. The number of amides is 1. The van der Waals surface area contributed by atoms with Gasteiger partial charge in [0.2, 0.25) is 0 Å². The molecule has 0 bridgehead atoms. The van der Waals surface area contributed by atoms with E-state index < -0.39 is 0 Å². The second kappa shape index (κ2) is 7.13. The smallest absolute Gasteiger partial charge is 0.268 e. The van der Waals surface area contributed by atoms with Crippen LogP contribution >= 0.6 is 15.9 Å². The minimum absolute atomic E-state index is 0.0128. The van der Waals surface area contributed by atoms with Crippen LogP contribution in [0.1, 0.15) is 64.0 Å². The van der Waals surface area contributed by atoms with Crippen molar-refractivity contribution in [3.63, 3.8) is 0 Å². The van der Waals surface area contributed by atoms with Crippen molar-refractivity contribution in [2.24, 2.45) is 5.92 Å². The average Bonchev–Trinajstić information content (AvgIpc) is 2.73. The van der Waals surface area contributed by atoms with Crippen molar-refractivity contribution < 1.29 is 4.79 Å². The lowest BCUT2D eigenvalue weighted by Gasteiger charge is -2.23. The molecule has 1 aromatic rings. The zero-order valence-corrected chi connectivity index (χ0v) is 14.1. The van der Waals surface area contributed by atoms with Gasteiger partial charge in [0.25, 0.3) is 5.91 Å². The van der Waals surface area contributed by atoms with Gasteiger partial charge in [0.15, 0.2) is 0 Å². The molecule has 0 radical (unpaired) electrons. The zero-order valence-electron chi connectivity index (χ0n) is 12.5. The fourth-order valence-electron chi connectivity index (χ4n) is 2.45. The van der Waals surface area contributed by atoms with Crippen molar-refractivity contribution in [2.75, 3.05) is 0 Å². The maximum atomic E-state index is 12.4. The summed E-state index contributed by atoms with van der Waals surface area (Å²) in [6, 6.07) is 2.36. The second-order valence-electron chi connectivity index (χ2n) is 5.38. The molecule has 0 aliphatic carbocycles. The van der Waals surface area contributed by atoms with E-state index in [2.05, 4.69) is 55.9 Å². The molecular formula is C15H25BrN2O. The van der Waals surface area contributed by atoms with Gasteiger partial charge in [0, 0.05) is 22.8 Å². The molecule has 0 aliphatic heterocycles. The van der Waals surface area contributed by atoms with Gasteiger partial charge in [-0.15, -0.1) is 0 Å². The first-order chi connectivity index (χ1) is 8.90. The molecule has 1 amide bonds. The highest BCUT2D eigenvalue weighted by atomic mass is 79.9. The van der Waals surface area contributed by atoms with Gasteiger partial charge in [0.1, 0.15) is 5.69 Å². The summed E-state index contributed by atoms with van der Waals surface area (Å²) in [6.07, 6.45) is 4.14. The van der Waals surface area contributed by atoms with E-state index in [1.54, 1.807) is 0 Å². The van der Waals surface area contributed by atoms with E-state index >= 15 is 0 Å². The Morgan fingerprint density at radius 2 is 1.89 bits per heavy atom. The van der Waals surface area contributed by atoms with Crippen LogP contribution in [0.2, 0.25) is 0 Å². The number of rotatable bonds is 6. The Hall–Kier alpha value is -0.770. The lowest BCUT2D eigenvalue weighted by atomic mass is 9.95. The van der Waals surface area contributed by atoms with Gasteiger partial charge in [-0.1, -0.05) is 26.7 Å². The van der Waals surface area contributed by atoms with Crippen molar-refractivity contribution in [1.29, 1.82) is 0 Å². The number of nitrogens with one attached hydrogen (secondary N) is 1. The fraction of sp³-hybridized carbons (Fsp3) is 0.667. The molecule has 0 fully saturated rings. The Kier molecular flexibility index (Phi) is 6.11. The van der Waals surface area contributed by atoms with Crippen LogP contribution < -0.4 is 5.32 Å². The summed E-state index contributed by atoms with van der Waals surface area (Å²) in [5.41, 5.74) is 0.722. The van der Waals surface area contributed by atoms with Gasteiger partial charge in [-0.25, -0.2) is 0 Å². The zero-order chi connectivity index (χ0) is 14.6. The van der Waals surface area contributed by atoms with Crippen LogP contribution in [-0.2, 0) is 0 Å². The maximum Gasteiger partial charge on any atom is 0.268 e. The first kappa shape index (κ1) is 16.3. The summed E-state index contributed by atoms with van der Waals surface area (Å²) in [6.45, 7) is 10.6. The minimum Gasteiger partial charge on any atom is -0.348 e. The van der Waals surface area contributed by atoms with Crippen molar-refractivity contribution in [3.05, 3.63) is 22.4 Å². The first-order valence-corrected chi connectivity index (χ1v) is 7.88. The summed E-state index contributed by atoms with van der Waals surface area (Å²) in [5.74, 6) is 0.550. The predicted octanol–water partition coefficient (Wildman–Crippen LogP) is 4.39. The van der Waals surface area contributed by atoms with Gasteiger partial charge < -0.3 is 9.88 Å². The van der Waals surface area contributed by atoms with Crippen LogP contribution in [0.3, 0.4) is 0 Å². The maximum absolute atomic E-state index is 12.4. The van der Waals surface area contributed by atoms with Gasteiger partial charge in [-0.2, -0.15) is 0 Å². The molecule has 0 spiro atoms. The summed E-state index contributed by atoms with van der Waals surface area (Å²) in [5, 5.41) is 3.13. The van der Waals surface area contributed by atoms with Gasteiger partial charge in [0.05, 0.1) is 0 Å². The molecule has 108 valence electrons. The number of hydrogen-bond acceptors (Lipinski definition) is 1. The highest BCUT2D eigenvalue weighted by Gasteiger charge is 2.20. The number of nitrogens with zero attached hydrogens (tertiary/aromatic N) is 1. The Labute approximate surface area is 124 Å². The molecule has 0 aliphatic rings. The molecule has 0 aromatic carbocycles. The molecule has 1 aromatic heterocycles. The fourth-order valence-corrected chi connectivity index (χ4v) is 2.89. The van der Waals surface area contributed by atoms with Gasteiger partial charge in [-0.05, 0) is 48.7 Å². The van der Waals surface area contributed by atoms with Crippen molar-refractivity contribution >= 4 is 21.8 Å². The molecule has 0 saturated heterocycles. The largest absolute Gasteiger partial charge is 0.348 e. The number of carbonyl (C=O) groups excluding carboxylic acids is 1. The van der Waals surface area contributed by atoms with Crippen LogP contribution in [-0.4, -0.2) is 16.5 Å². The Bertz CT molecular complexity index is 422. The minimum atomic E-state index is 0.0128. The van der Waals surface area contributed by atoms with Crippen LogP contribution in [0.4, 0.5) is 0 Å². The Morgan fingerprint density at radius 1 is 1.32 bits per heavy atom. The highest BCUT2D eigenvalue weighted by Crippen LogP contribution is 2.20.